The largest absolute Gasteiger partial charge is 0.455 e. The molecule has 2 aromatic carbocycles. The molecule has 3 aromatic rings. The van der Waals surface area contributed by atoms with E-state index in [1.807, 2.05) is 30.3 Å². The molecule has 128 valence electrons. The zero-order valence-corrected chi connectivity index (χ0v) is 14.2. The van der Waals surface area contributed by atoms with Crippen LogP contribution in [-0.4, -0.2) is 25.6 Å². The lowest BCUT2D eigenvalue weighted by Crippen LogP contribution is -2.11. The number of oxazole rings is 1. The lowest BCUT2D eigenvalue weighted by molar-refractivity contribution is 0.0463. The summed E-state index contributed by atoms with van der Waals surface area (Å²) in [5, 5.41) is 0. The van der Waals surface area contributed by atoms with Crippen molar-refractivity contribution < 1.29 is 22.4 Å². The average Bonchev–Trinajstić information content (AvgIpc) is 3.09. The third-order valence-electron chi connectivity index (χ3n) is 3.43. The normalized spacial score (nSPS) is 11.2. The van der Waals surface area contributed by atoms with Crippen molar-refractivity contribution in [3.8, 4) is 11.5 Å². The molecule has 0 aliphatic carbocycles. The van der Waals surface area contributed by atoms with Gasteiger partial charge in [-0.15, -0.1) is 0 Å². The number of esters is 1. The summed E-state index contributed by atoms with van der Waals surface area (Å²) >= 11 is 0. The summed E-state index contributed by atoms with van der Waals surface area (Å²) in [6.07, 6.45) is 2.45. The van der Waals surface area contributed by atoms with Crippen molar-refractivity contribution in [3.63, 3.8) is 0 Å². The number of hydrogen-bond donors (Lipinski definition) is 0. The van der Waals surface area contributed by atoms with E-state index in [0.717, 1.165) is 11.8 Å². The Labute approximate surface area is 145 Å². The third-order valence-corrected chi connectivity index (χ3v) is 4.59. The number of aromatic nitrogens is 1. The smallest absolute Gasteiger partial charge is 0.339 e. The monoisotopic (exact) mass is 357 g/mol. The van der Waals surface area contributed by atoms with Crippen molar-refractivity contribution in [1.82, 2.24) is 4.98 Å². The molecule has 25 heavy (non-hydrogen) atoms. The number of hydrogen-bond acceptors (Lipinski definition) is 6. The molecule has 0 aliphatic rings. The molecule has 0 saturated heterocycles. The zero-order valence-electron chi connectivity index (χ0n) is 13.4. The van der Waals surface area contributed by atoms with Gasteiger partial charge in [0, 0.05) is 11.8 Å². The molecule has 1 aromatic heterocycles. The molecular weight excluding hydrogens is 342 g/mol. The van der Waals surface area contributed by atoms with Crippen LogP contribution < -0.4 is 0 Å². The number of ether oxygens (including phenoxy) is 1. The van der Waals surface area contributed by atoms with E-state index in [1.165, 1.54) is 18.4 Å². The summed E-state index contributed by atoms with van der Waals surface area (Å²) in [5.74, 6) is -0.312. The number of nitrogens with zero attached hydrogens (tertiary/aromatic N) is 1. The Morgan fingerprint density at radius 2 is 1.76 bits per heavy atom. The van der Waals surface area contributed by atoms with Gasteiger partial charge in [0.1, 0.15) is 18.6 Å². The van der Waals surface area contributed by atoms with Gasteiger partial charge in [-0.2, -0.15) is 0 Å². The predicted octanol–water partition coefficient (Wildman–Crippen LogP) is 3.10. The van der Waals surface area contributed by atoms with Crippen LogP contribution in [0.15, 0.2) is 70.2 Å². The number of rotatable bonds is 5. The molecule has 0 fully saturated rings. The highest BCUT2D eigenvalue weighted by atomic mass is 32.2. The second-order valence-corrected chi connectivity index (χ2v) is 7.34. The Balaban J connectivity index is 1.73. The first-order valence-corrected chi connectivity index (χ1v) is 9.30. The van der Waals surface area contributed by atoms with Crippen molar-refractivity contribution in [2.45, 2.75) is 11.5 Å². The van der Waals surface area contributed by atoms with E-state index in [4.69, 9.17) is 9.15 Å². The van der Waals surface area contributed by atoms with E-state index in [1.54, 1.807) is 12.1 Å². The topological polar surface area (TPSA) is 86.5 Å². The minimum absolute atomic E-state index is 0.00298. The van der Waals surface area contributed by atoms with E-state index < -0.39 is 15.8 Å². The fourth-order valence-electron chi connectivity index (χ4n) is 2.26. The standard InChI is InChI=1S/C18H15NO5S/c1-25(21,22)16-10-6-5-9-15(16)18(20)24-12-14-11-23-17(19-14)13-7-3-2-4-8-13/h2-11H,12H2,1H3. The van der Waals surface area contributed by atoms with Gasteiger partial charge in [-0.25, -0.2) is 18.2 Å². The predicted molar refractivity (Wildman–Crippen MR) is 90.6 cm³/mol. The zero-order chi connectivity index (χ0) is 17.9. The summed E-state index contributed by atoms with van der Waals surface area (Å²) in [6.45, 7) is -0.118. The van der Waals surface area contributed by atoms with Gasteiger partial charge in [-0.05, 0) is 24.3 Å². The first kappa shape index (κ1) is 16.9. The summed E-state index contributed by atoms with van der Waals surface area (Å²) in [4.78, 5) is 16.4. The second-order valence-electron chi connectivity index (χ2n) is 5.35. The van der Waals surface area contributed by atoms with E-state index in [2.05, 4.69) is 4.98 Å². The molecule has 0 radical (unpaired) electrons. The molecule has 0 unspecified atom stereocenters. The molecule has 0 amide bonds. The fraction of sp³-hybridized carbons (Fsp3) is 0.111. The van der Waals surface area contributed by atoms with Crippen LogP contribution in [0.4, 0.5) is 0 Å². The van der Waals surface area contributed by atoms with Gasteiger partial charge in [0.05, 0.1) is 10.5 Å². The van der Waals surface area contributed by atoms with Crippen molar-refractivity contribution in [2.75, 3.05) is 6.26 Å². The molecule has 6 nitrogen and oxygen atoms in total. The van der Waals surface area contributed by atoms with Gasteiger partial charge >= 0.3 is 5.97 Å². The molecular formula is C18H15NO5S. The highest BCUT2D eigenvalue weighted by molar-refractivity contribution is 7.90. The van der Waals surface area contributed by atoms with Crippen molar-refractivity contribution in [3.05, 3.63) is 72.1 Å². The quantitative estimate of drug-likeness (QED) is 0.652. The molecule has 1 heterocycles. The van der Waals surface area contributed by atoms with Crippen LogP contribution in [-0.2, 0) is 21.2 Å². The SMILES string of the molecule is CS(=O)(=O)c1ccccc1C(=O)OCc1coc(-c2ccccc2)n1. The Morgan fingerprint density at radius 3 is 2.48 bits per heavy atom. The second kappa shape index (κ2) is 6.90. The van der Waals surface area contributed by atoms with Crippen molar-refractivity contribution in [1.29, 1.82) is 0 Å². The number of sulfone groups is 1. The summed E-state index contributed by atoms with van der Waals surface area (Å²) in [7, 11) is -3.53. The van der Waals surface area contributed by atoms with Crippen molar-refractivity contribution >= 4 is 15.8 Å². The number of carbonyl (C=O) groups is 1. The van der Waals surface area contributed by atoms with Gasteiger partial charge in [-0.3, -0.25) is 0 Å². The average molecular weight is 357 g/mol. The van der Waals surface area contributed by atoms with Crippen LogP contribution in [0.5, 0.6) is 0 Å². The Bertz CT molecular complexity index is 993. The fourth-order valence-corrected chi connectivity index (χ4v) is 3.14. The van der Waals surface area contributed by atoms with Gasteiger partial charge in [0.15, 0.2) is 9.84 Å². The van der Waals surface area contributed by atoms with Crippen LogP contribution in [0.25, 0.3) is 11.5 Å². The molecule has 0 atom stereocenters. The number of benzene rings is 2. The lowest BCUT2D eigenvalue weighted by atomic mass is 10.2. The van der Waals surface area contributed by atoms with Gasteiger partial charge in [-0.1, -0.05) is 30.3 Å². The summed E-state index contributed by atoms with van der Waals surface area (Å²) < 4.78 is 34.1. The van der Waals surface area contributed by atoms with Crippen molar-refractivity contribution in [2.24, 2.45) is 0 Å². The first-order valence-electron chi connectivity index (χ1n) is 7.41. The maximum atomic E-state index is 12.2. The highest BCUT2D eigenvalue weighted by Crippen LogP contribution is 2.20. The van der Waals surface area contributed by atoms with E-state index in [0.29, 0.717) is 11.6 Å². The minimum Gasteiger partial charge on any atom is -0.455 e. The van der Waals surface area contributed by atoms with Crippen LogP contribution in [0.2, 0.25) is 0 Å². The van der Waals surface area contributed by atoms with Gasteiger partial charge < -0.3 is 9.15 Å². The summed E-state index contributed by atoms with van der Waals surface area (Å²) in [6, 6.07) is 15.2. The maximum Gasteiger partial charge on any atom is 0.339 e. The third kappa shape index (κ3) is 3.95. The molecule has 0 bridgehead atoms. The van der Waals surface area contributed by atoms with E-state index >= 15 is 0 Å². The van der Waals surface area contributed by atoms with Crippen LogP contribution >= 0.6 is 0 Å². The number of carbonyl (C=O) groups excluding carboxylic acids is 1. The van der Waals surface area contributed by atoms with Crippen LogP contribution in [0, 0.1) is 0 Å². The van der Waals surface area contributed by atoms with Crippen LogP contribution in [0.1, 0.15) is 16.1 Å². The van der Waals surface area contributed by atoms with E-state index in [9.17, 15) is 13.2 Å². The highest BCUT2D eigenvalue weighted by Gasteiger charge is 2.19. The maximum absolute atomic E-state index is 12.2. The van der Waals surface area contributed by atoms with Crippen LogP contribution in [0.3, 0.4) is 0 Å². The van der Waals surface area contributed by atoms with E-state index in [-0.39, 0.29) is 17.1 Å². The molecule has 7 heteroatoms. The molecule has 0 aliphatic heterocycles. The summed E-state index contributed by atoms with van der Waals surface area (Å²) in [5.41, 5.74) is 1.24. The molecule has 0 N–H and O–H groups in total. The van der Waals surface area contributed by atoms with Gasteiger partial charge in [0.25, 0.3) is 0 Å². The van der Waals surface area contributed by atoms with Gasteiger partial charge in [0.2, 0.25) is 5.89 Å². The molecule has 0 spiro atoms. The molecule has 3 rings (SSSR count). The Kier molecular flexibility index (Phi) is 4.67. The Morgan fingerprint density at radius 1 is 1.08 bits per heavy atom. The minimum atomic E-state index is -3.53. The lowest BCUT2D eigenvalue weighted by Gasteiger charge is -2.07. The first-order chi connectivity index (χ1) is 11.9. The molecule has 0 saturated carbocycles. The Hall–Kier alpha value is -2.93.